The van der Waals surface area contributed by atoms with Crippen LogP contribution in [0.5, 0.6) is 0 Å². The molecule has 4 nitrogen and oxygen atoms in total. The topological polar surface area (TPSA) is 43.6 Å². The predicted octanol–water partition coefficient (Wildman–Crippen LogP) is 14.8. The van der Waals surface area contributed by atoms with Crippen molar-refractivity contribution in [2.45, 2.75) is 0 Å². The molecule has 0 unspecified atom stereocenters. The lowest BCUT2D eigenvalue weighted by atomic mass is 9.96. The van der Waals surface area contributed by atoms with Crippen molar-refractivity contribution in [3.63, 3.8) is 0 Å². The maximum Gasteiger partial charge on any atom is 0.165 e. The van der Waals surface area contributed by atoms with Crippen molar-refractivity contribution >= 4 is 64.1 Å². The van der Waals surface area contributed by atoms with Crippen LogP contribution in [0.4, 0.5) is 0 Å². The number of benzene rings is 9. The predicted molar refractivity (Wildman–Crippen MR) is 252 cm³/mol. The Morgan fingerprint density at radius 2 is 0.833 bits per heavy atom. The summed E-state index contributed by atoms with van der Waals surface area (Å²) < 4.78 is 4.78. The quantitative estimate of drug-likeness (QED) is 0.169. The number of hydrogen-bond acceptors (Lipinski definition) is 4. The lowest BCUT2D eigenvalue weighted by molar-refractivity contribution is 1.08. The first kappa shape index (κ1) is 34.3. The van der Waals surface area contributed by atoms with Gasteiger partial charge in [-0.15, -0.1) is 11.3 Å². The molecule has 0 bridgehead atoms. The summed E-state index contributed by atoms with van der Waals surface area (Å²) in [5.41, 5.74) is 10.8. The van der Waals surface area contributed by atoms with Crippen LogP contribution in [0, 0.1) is 0 Å². The summed E-state index contributed by atoms with van der Waals surface area (Å²) in [6.45, 7) is 0. The van der Waals surface area contributed by atoms with Crippen LogP contribution in [0.3, 0.4) is 0 Å². The van der Waals surface area contributed by atoms with E-state index in [0.717, 1.165) is 50.0 Å². The van der Waals surface area contributed by atoms with Crippen LogP contribution in [0.2, 0.25) is 0 Å². The van der Waals surface area contributed by atoms with E-state index in [0.29, 0.717) is 17.5 Å². The van der Waals surface area contributed by atoms with E-state index in [-0.39, 0.29) is 0 Å². The first-order chi connectivity index (χ1) is 29.7. The van der Waals surface area contributed by atoms with Crippen LogP contribution >= 0.6 is 11.3 Å². The molecule has 60 heavy (non-hydrogen) atoms. The van der Waals surface area contributed by atoms with Crippen molar-refractivity contribution < 1.29 is 0 Å². The standard InChI is InChI=1S/C55H34N4S/c1-2-15-35(16-3-1)40-17-4-6-22-46(40)53-56-54(58-55(57-53)48-25-14-24-45-44-21-10-13-28-51(44)60-52(45)48)47-23-7-5-18-41(47)38-30-29-37-34-39(32-31-36(37)33-38)59-49-26-11-8-19-42(49)43-20-9-12-27-50(43)59/h1-34H. The summed E-state index contributed by atoms with van der Waals surface area (Å²) in [6, 6.07) is 73.3. The van der Waals surface area contributed by atoms with E-state index < -0.39 is 0 Å². The average molecular weight is 783 g/mol. The van der Waals surface area contributed by atoms with Crippen molar-refractivity contribution in [2.75, 3.05) is 0 Å². The van der Waals surface area contributed by atoms with Crippen molar-refractivity contribution in [3.05, 3.63) is 206 Å². The monoisotopic (exact) mass is 782 g/mol. The average Bonchev–Trinajstić information content (AvgIpc) is 3.87. The molecule has 0 aliphatic rings. The molecule has 280 valence electrons. The van der Waals surface area contributed by atoms with Gasteiger partial charge in [0.2, 0.25) is 0 Å². The molecule has 0 aliphatic heterocycles. The van der Waals surface area contributed by atoms with Gasteiger partial charge >= 0.3 is 0 Å². The van der Waals surface area contributed by atoms with Gasteiger partial charge in [-0.1, -0.05) is 164 Å². The van der Waals surface area contributed by atoms with Gasteiger partial charge in [0.15, 0.2) is 17.5 Å². The summed E-state index contributed by atoms with van der Waals surface area (Å²) in [5.74, 6) is 1.92. The van der Waals surface area contributed by atoms with Gasteiger partial charge < -0.3 is 4.57 Å². The van der Waals surface area contributed by atoms with Gasteiger partial charge in [-0.2, -0.15) is 0 Å². The molecule has 3 aromatic heterocycles. The molecular weight excluding hydrogens is 749 g/mol. The maximum atomic E-state index is 5.34. The van der Waals surface area contributed by atoms with E-state index in [4.69, 9.17) is 15.0 Å². The van der Waals surface area contributed by atoms with Crippen molar-refractivity contribution in [1.82, 2.24) is 19.5 Å². The van der Waals surface area contributed by atoms with Crippen LogP contribution < -0.4 is 0 Å². The van der Waals surface area contributed by atoms with Gasteiger partial charge in [0.05, 0.1) is 11.0 Å². The highest BCUT2D eigenvalue weighted by Crippen LogP contribution is 2.41. The number of thiophene rings is 1. The number of nitrogens with zero attached hydrogens (tertiary/aromatic N) is 4. The number of fused-ring (bicyclic) bond motifs is 7. The zero-order chi connectivity index (χ0) is 39.6. The first-order valence-electron chi connectivity index (χ1n) is 20.2. The smallest absolute Gasteiger partial charge is 0.165 e. The molecule has 0 aliphatic carbocycles. The third-order valence-corrected chi connectivity index (χ3v) is 12.9. The minimum atomic E-state index is 0.633. The third-order valence-electron chi connectivity index (χ3n) is 11.7. The first-order valence-corrected chi connectivity index (χ1v) is 21.0. The van der Waals surface area contributed by atoms with E-state index in [2.05, 4.69) is 205 Å². The van der Waals surface area contributed by atoms with Gasteiger partial charge in [0.25, 0.3) is 0 Å². The molecule has 0 N–H and O–H groups in total. The molecule has 3 heterocycles. The molecule has 0 saturated heterocycles. The van der Waals surface area contributed by atoms with Gasteiger partial charge in [0, 0.05) is 53.3 Å². The van der Waals surface area contributed by atoms with E-state index >= 15 is 0 Å². The fourth-order valence-corrected chi connectivity index (χ4v) is 10.1. The molecular formula is C55H34N4S. The number of para-hydroxylation sites is 2. The van der Waals surface area contributed by atoms with Crippen LogP contribution in [0.1, 0.15) is 0 Å². The lowest BCUT2D eigenvalue weighted by Gasteiger charge is -2.15. The van der Waals surface area contributed by atoms with Crippen LogP contribution in [0.15, 0.2) is 206 Å². The Morgan fingerprint density at radius 1 is 0.333 bits per heavy atom. The second-order valence-electron chi connectivity index (χ2n) is 15.2. The minimum absolute atomic E-state index is 0.633. The SMILES string of the molecule is c1ccc(-c2ccccc2-c2nc(-c3ccccc3-c3ccc4cc(-n5c6ccccc6c6ccccc65)ccc4c3)nc(-c3cccc4c3sc3ccccc34)n2)cc1. The van der Waals surface area contributed by atoms with Crippen LogP contribution in [0.25, 0.3) is 115 Å². The normalized spacial score (nSPS) is 11.7. The summed E-state index contributed by atoms with van der Waals surface area (Å²) in [7, 11) is 0. The van der Waals surface area contributed by atoms with E-state index in [1.165, 1.54) is 47.4 Å². The van der Waals surface area contributed by atoms with E-state index in [1.807, 2.05) is 6.07 Å². The largest absolute Gasteiger partial charge is 0.309 e. The minimum Gasteiger partial charge on any atom is -0.309 e. The van der Waals surface area contributed by atoms with E-state index in [9.17, 15) is 0 Å². The highest BCUT2D eigenvalue weighted by atomic mass is 32.1. The highest BCUT2D eigenvalue weighted by Gasteiger charge is 2.20. The summed E-state index contributed by atoms with van der Waals surface area (Å²) >= 11 is 1.79. The fraction of sp³-hybridized carbons (Fsp3) is 0. The Morgan fingerprint density at radius 3 is 1.53 bits per heavy atom. The van der Waals surface area contributed by atoms with Crippen LogP contribution in [-0.4, -0.2) is 19.5 Å². The van der Waals surface area contributed by atoms with Crippen molar-refractivity contribution in [3.8, 4) is 62.1 Å². The molecule has 0 atom stereocenters. The van der Waals surface area contributed by atoms with Gasteiger partial charge in [-0.3, -0.25) is 0 Å². The number of aromatic nitrogens is 4. The molecule has 0 saturated carbocycles. The molecule has 0 radical (unpaired) electrons. The summed E-state index contributed by atoms with van der Waals surface area (Å²) in [6.07, 6.45) is 0. The Balaban J connectivity index is 1.02. The molecule has 12 rings (SSSR count). The molecule has 0 fully saturated rings. The second-order valence-corrected chi connectivity index (χ2v) is 16.2. The molecule has 9 aromatic carbocycles. The summed E-state index contributed by atoms with van der Waals surface area (Å²) in [4.78, 5) is 16.0. The maximum absolute atomic E-state index is 5.34. The zero-order valence-corrected chi connectivity index (χ0v) is 33.1. The third kappa shape index (κ3) is 5.63. The molecule has 0 spiro atoms. The van der Waals surface area contributed by atoms with Crippen LogP contribution in [-0.2, 0) is 0 Å². The van der Waals surface area contributed by atoms with Crippen molar-refractivity contribution in [2.24, 2.45) is 0 Å². The van der Waals surface area contributed by atoms with Crippen molar-refractivity contribution in [1.29, 1.82) is 0 Å². The second kappa shape index (κ2) is 14.0. The Bertz CT molecular complexity index is 3570. The Labute approximate surface area is 350 Å². The summed E-state index contributed by atoms with van der Waals surface area (Å²) in [5, 5.41) is 7.31. The highest BCUT2D eigenvalue weighted by molar-refractivity contribution is 7.26. The zero-order valence-electron chi connectivity index (χ0n) is 32.3. The number of rotatable bonds is 6. The number of hydrogen-bond donors (Lipinski definition) is 0. The fourth-order valence-electron chi connectivity index (χ4n) is 8.88. The lowest BCUT2D eigenvalue weighted by Crippen LogP contribution is -2.02. The molecule has 12 aromatic rings. The Hall–Kier alpha value is -7.73. The van der Waals surface area contributed by atoms with E-state index in [1.54, 1.807) is 11.3 Å². The van der Waals surface area contributed by atoms with Gasteiger partial charge in [-0.25, -0.2) is 15.0 Å². The molecule has 5 heteroatoms. The Kier molecular flexibility index (Phi) is 8.00. The van der Waals surface area contributed by atoms with Gasteiger partial charge in [-0.05, 0) is 75.5 Å². The molecule has 0 amide bonds. The van der Waals surface area contributed by atoms with Gasteiger partial charge in [0.1, 0.15) is 0 Å².